The van der Waals surface area contributed by atoms with Crippen LogP contribution in [0.25, 0.3) is 0 Å². The molecule has 0 saturated carbocycles. The zero-order chi connectivity index (χ0) is 15.1. The van der Waals surface area contributed by atoms with Gasteiger partial charge < -0.3 is 5.11 Å². The molecule has 0 aromatic carbocycles. The molecule has 8 heteroatoms. The van der Waals surface area contributed by atoms with Gasteiger partial charge in [-0.05, 0) is 33.0 Å². The number of nitrogens with zero attached hydrogens (tertiary/aromatic N) is 2. The van der Waals surface area contributed by atoms with Crippen LogP contribution in [0.5, 0.6) is 0 Å². The lowest BCUT2D eigenvalue weighted by molar-refractivity contribution is 0.0702. The van der Waals surface area contributed by atoms with E-state index in [-0.39, 0.29) is 21.2 Å². The quantitative estimate of drug-likeness (QED) is 0.905. The van der Waals surface area contributed by atoms with Crippen molar-refractivity contribution in [1.29, 1.82) is 0 Å². The molecule has 2 atom stereocenters. The Morgan fingerprint density at radius 1 is 1.30 bits per heavy atom. The Bertz CT molecular complexity index is 599. The second kappa shape index (κ2) is 5.44. The van der Waals surface area contributed by atoms with Gasteiger partial charge in [0.1, 0.15) is 9.09 Å². The molecular weight excluding hydrogens is 300 g/mol. The number of piperazine rings is 1. The summed E-state index contributed by atoms with van der Waals surface area (Å²) >= 11 is 0.802. The monoisotopic (exact) mass is 318 g/mol. The Morgan fingerprint density at radius 2 is 1.85 bits per heavy atom. The van der Waals surface area contributed by atoms with Crippen molar-refractivity contribution < 1.29 is 18.3 Å². The van der Waals surface area contributed by atoms with E-state index in [2.05, 4.69) is 4.90 Å². The van der Waals surface area contributed by atoms with Gasteiger partial charge in [-0.1, -0.05) is 0 Å². The van der Waals surface area contributed by atoms with Crippen LogP contribution in [0.15, 0.2) is 16.3 Å². The molecule has 112 valence electrons. The van der Waals surface area contributed by atoms with E-state index in [0.717, 1.165) is 11.3 Å². The minimum atomic E-state index is -3.60. The molecule has 1 aliphatic rings. The molecule has 1 saturated heterocycles. The molecule has 6 nitrogen and oxygen atoms in total. The molecular formula is C12H18N2O4S2. The molecule has 0 amide bonds. The number of sulfonamides is 1. The Labute approximate surface area is 122 Å². The van der Waals surface area contributed by atoms with Crippen molar-refractivity contribution in [2.45, 2.75) is 30.1 Å². The largest absolute Gasteiger partial charge is 0.477 e. The Hall–Kier alpha value is -0.960. The molecule has 0 spiro atoms. The lowest BCUT2D eigenvalue weighted by atomic mass is 10.1. The third kappa shape index (κ3) is 2.73. The summed E-state index contributed by atoms with van der Waals surface area (Å²) < 4.78 is 26.6. The standard InChI is InChI=1S/C12H18N2O4S2/c1-8-6-14(7-9(2)13(8)3)20(17,18)11-5-4-10(19-11)12(15)16/h4-5,8-9H,6-7H2,1-3H3,(H,15,16). The summed E-state index contributed by atoms with van der Waals surface area (Å²) in [5.74, 6) is -1.10. The van der Waals surface area contributed by atoms with Crippen LogP contribution in [0.3, 0.4) is 0 Å². The summed E-state index contributed by atoms with van der Waals surface area (Å²) in [6.45, 7) is 4.80. The van der Waals surface area contributed by atoms with Crippen molar-refractivity contribution >= 4 is 27.3 Å². The van der Waals surface area contributed by atoms with Crippen LogP contribution in [-0.2, 0) is 10.0 Å². The molecule has 0 aliphatic carbocycles. The first-order chi connectivity index (χ1) is 9.23. The second-order valence-corrected chi connectivity index (χ2v) is 8.36. The van der Waals surface area contributed by atoms with Crippen molar-refractivity contribution in [3.63, 3.8) is 0 Å². The van der Waals surface area contributed by atoms with Crippen LogP contribution in [0.1, 0.15) is 23.5 Å². The maximum atomic E-state index is 12.5. The Kier molecular flexibility index (Phi) is 4.19. The molecule has 2 rings (SSSR count). The van der Waals surface area contributed by atoms with Gasteiger partial charge in [0.05, 0.1) is 0 Å². The normalized spacial score (nSPS) is 25.8. The lowest BCUT2D eigenvalue weighted by Gasteiger charge is -2.41. The molecule has 0 radical (unpaired) electrons. The fourth-order valence-corrected chi connectivity index (χ4v) is 5.15. The Morgan fingerprint density at radius 3 is 2.30 bits per heavy atom. The number of thiophene rings is 1. The van der Waals surface area contributed by atoms with Gasteiger partial charge in [-0.2, -0.15) is 4.31 Å². The van der Waals surface area contributed by atoms with Gasteiger partial charge in [0, 0.05) is 25.2 Å². The second-order valence-electron chi connectivity index (χ2n) is 5.11. The number of carboxylic acids is 1. The maximum absolute atomic E-state index is 12.5. The van der Waals surface area contributed by atoms with Crippen LogP contribution in [0, 0.1) is 0 Å². The third-order valence-electron chi connectivity index (χ3n) is 3.71. The first-order valence-electron chi connectivity index (χ1n) is 6.28. The maximum Gasteiger partial charge on any atom is 0.345 e. The molecule has 1 fully saturated rings. The predicted octanol–water partition coefficient (Wildman–Crippen LogP) is 1.16. The summed E-state index contributed by atoms with van der Waals surface area (Å²) in [4.78, 5) is 13.0. The van der Waals surface area contributed by atoms with Crippen molar-refractivity contribution in [1.82, 2.24) is 9.21 Å². The van der Waals surface area contributed by atoms with Gasteiger partial charge in [0.15, 0.2) is 0 Å². The van der Waals surface area contributed by atoms with Gasteiger partial charge in [-0.15, -0.1) is 11.3 Å². The SMILES string of the molecule is CC1CN(S(=O)(=O)c2ccc(C(=O)O)s2)CC(C)N1C. The smallest absolute Gasteiger partial charge is 0.345 e. The highest BCUT2D eigenvalue weighted by Gasteiger charge is 2.35. The highest BCUT2D eigenvalue weighted by Crippen LogP contribution is 2.27. The molecule has 1 N–H and O–H groups in total. The van der Waals surface area contributed by atoms with Gasteiger partial charge in [-0.3, -0.25) is 4.90 Å². The average Bonchev–Trinajstić information content (AvgIpc) is 2.85. The van der Waals surface area contributed by atoms with Crippen LogP contribution in [-0.4, -0.2) is 60.9 Å². The summed E-state index contributed by atoms with van der Waals surface area (Å²) in [6.07, 6.45) is 0. The van der Waals surface area contributed by atoms with Gasteiger partial charge in [-0.25, -0.2) is 13.2 Å². The van der Waals surface area contributed by atoms with E-state index >= 15 is 0 Å². The van der Waals surface area contributed by atoms with Crippen LogP contribution in [0.4, 0.5) is 0 Å². The van der Waals surface area contributed by atoms with Gasteiger partial charge >= 0.3 is 5.97 Å². The van der Waals surface area contributed by atoms with Crippen LogP contribution in [0.2, 0.25) is 0 Å². The first kappa shape index (κ1) is 15.4. The highest BCUT2D eigenvalue weighted by molar-refractivity contribution is 7.91. The number of carboxylic acid groups (broad SMARTS) is 1. The molecule has 1 aromatic heterocycles. The van der Waals surface area contributed by atoms with Gasteiger partial charge in [0.25, 0.3) is 10.0 Å². The molecule has 0 bridgehead atoms. The number of hydrogen-bond acceptors (Lipinski definition) is 5. The van der Waals surface area contributed by atoms with Gasteiger partial charge in [0.2, 0.25) is 0 Å². The molecule has 2 heterocycles. The van der Waals surface area contributed by atoms with E-state index in [1.165, 1.54) is 16.4 Å². The number of hydrogen-bond donors (Lipinski definition) is 1. The molecule has 2 unspecified atom stereocenters. The topological polar surface area (TPSA) is 77.9 Å². The van der Waals surface area contributed by atoms with Crippen molar-refractivity contribution in [3.05, 3.63) is 17.0 Å². The minimum absolute atomic E-state index is 0.0406. The fourth-order valence-electron chi connectivity index (χ4n) is 2.25. The molecule has 1 aromatic rings. The van der Waals surface area contributed by atoms with E-state index in [1.807, 2.05) is 20.9 Å². The fraction of sp³-hybridized carbons (Fsp3) is 0.583. The zero-order valence-electron chi connectivity index (χ0n) is 11.6. The van der Waals surface area contributed by atoms with Crippen molar-refractivity contribution in [3.8, 4) is 0 Å². The molecule has 1 aliphatic heterocycles. The number of aromatic carboxylic acids is 1. The first-order valence-corrected chi connectivity index (χ1v) is 8.54. The predicted molar refractivity (Wildman–Crippen MR) is 76.7 cm³/mol. The highest BCUT2D eigenvalue weighted by atomic mass is 32.2. The Balaban J connectivity index is 2.28. The van der Waals surface area contributed by atoms with E-state index in [0.29, 0.717) is 13.1 Å². The number of rotatable bonds is 3. The summed E-state index contributed by atoms with van der Waals surface area (Å²) in [7, 11) is -1.62. The number of likely N-dealkylation sites (N-methyl/N-ethyl adjacent to an activating group) is 1. The average molecular weight is 318 g/mol. The van der Waals surface area contributed by atoms with Crippen molar-refractivity contribution in [2.24, 2.45) is 0 Å². The van der Waals surface area contributed by atoms with E-state index < -0.39 is 16.0 Å². The number of carbonyl (C=O) groups is 1. The van der Waals surface area contributed by atoms with Crippen molar-refractivity contribution in [2.75, 3.05) is 20.1 Å². The van der Waals surface area contributed by atoms with E-state index in [1.54, 1.807) is 0 Å². The lowest BCUT2D eigenvalue weighted by Crippen LogP contribution is -2.56. The minimum Gasteiger partial charge on any atom is -0.477 e. The van der Waals surface area contributed by atoms with E-state index in [9.17, 15) is 13.2 Å². The van der Waals surface area contributed by atoms with Crippen LogP contribution < -0.4 is 0 Å². The van der Waals surface area contributed by atoms with Crippen LogP contribution >= 0.6 is 11.3 Å². The summed E-state index contributed by atoms with van der Waals surface area (Å²) in [5.41, 5.74) is 0. The zero-order valence-corrected chi connectivity index (χ0v) is 13.2. The van der Waals surface area contributed by atoms with E-state index in [4.69, 9.17) is 5.11 Å². The molecule has 20 heavy (non-hydrogen) atoms. The summed E-state index contributed by atoms with van der Waals surface area (Å²) in [5, 5.41) is 8.89. The third-order valence-corrected chi connectivity index (χ3v) is 7.08. The summed E-state index contributed by atoms with van der Waals surface area (Å²) in [6, 6.07) is 2.97.